The first-order valence-corrected chi connectivity index (χ1v) is 14.6. The molecule has 0 saturated heterocycles. The van der Waals surface area contributed by atoms with Crippen LogP contribution in [0, 0.1) is 17.5 Å². The second-order valence-corrected chi connectivity index (χ2v) is 11.1. The molecule has 0 atom stereocenters. The predicted molar refractivity (Wildman–Crippen MR) is 178 cm³/mol. The number of hydrogen-bond acceptors (Lipinski definition) is 6. The van der Waals surface area contributed by atoms with Crippen molar-refractivity contribution < 1.29 is 27.4 Å². The molecule has 9 heteroatoms. The Morgan fingerprint density at radius 3 is 0.894 bits per heavy atom. The summed E-state index contributed by atoms with van der Waals surface area (Å²) in [7, 11) is 0. The number of nitrogens with two attached hydrogens (primary N) is 3. The zero-order valence-corrected chi connectivity index (χ0v) is 25.2. The third-order valence-electron chi connectivity index (χ3n) is 7.85. The van der Waals surface area contributed by atoms with E-state index in [0.29, 0.717) is 34.3 Å². The zero-order chi connectivity index (χ0) is 33.1. The summed E-state index contributed by atoms with van der Waals surface area (Å²) in [6.07, 6.45) is 0. The van der Waals surface area contributed by atoms with Gasteiger partial charge in [-0.2, -0.15) is 0 Å². The van der Waals surface area contributed by atoms with Crippen molar-refractivity contribution in [2.75, 3.05) is 17.2 Å². The second-order valence-electron chi connectivity index (χ2n) is 11.1. The van der Waals surface area contributed by atoms with Crippen LogP contribution in [0.1, 0.15) is 23.6 Å². The summed E-state index contributed by atoms with van der Waals surface area (Å²) in [6.45, 7) is 2.05. The maximum atomic E-state index is 14.4. The van der Waals surface area contributed by atoms with Crippen LogP contribution in [0.3, 0.4) is 0 Å². The summed E-state index contributed by atoms with van der Waals surface area (Å²) >= 11 is 0. The topological polar surface area (TPSA) is 106 Å². The lowest BCUT2D eigenvalue weighted by molar-refractivity contribution is 0.441. The Balaban J connectivity index is 1.33. The first-order chi connectivity index (χ1) is 22.6. The van der Waals surface area contributed by atoms with Crippen molar-refractivity contribution in [1.29, 1.82) is 0 Å². The molecule has 0 saturated carbocycles. The number of ether oxygens (including phenoxy) is 3. The molecule has 236 valence electrons. The molecule has 0 bridgehead atoms. The summed E-state index contributed by atoms with van der Waals surface area (Å²) in [6, 6.07) is 34.6. The van der Waals surface area contributed by atoms with Crippen LogP contribution in [-0.4, -0.2) is 0 Å². The van der Waals surface area contributed by atoms with Crippen LogP contribution in [-0.2, 0) is 5.41 Å². The van der Waals surface area contributed by atoms with Gasteiger partial charge in [-0.25, -0.2) is 13.2 Å². The van der Waals surface area contributed by atoms with Crippen LogP contribution in [0.15, 0.2) is 127 Å². The molecule has 0 spiro atoms. The lowest BCUT2D eigenvalue weighted by Crippen LogP contribution is -2.25. The van der Waals surface area contributed by atoms with Gasteiger partial charge in [0.15, 0.2) is 34.7 Å². The van der Waals surface area contributed by atoms with Gasteiger partial charge in [0.25, 0.3) is 0 Å². The van der Waals surface area contributed by atoms with Gasteiger partial charge < -0.3 is 31.4 Å². The Kier molecular flexibility index (Phi) is 8.37. The summed E-state index contributed by atoms with van der Waals surface area (Å²) in [5.41, 5.74) is 19.8. The molecule has 6 aromatic rings. The molecule has 6 N–H and O–H groups in total. The molecular formula is C38H30F3N3O3. The molecule has 0 amide bonds. The van der Waals surface area contributed by atoms with Gasteiger partial charge >= 0.3 is 0 Å². The average Bonchev–Trinajstić information content (AvgIpc) is 3.06. The Morgan fingerprint density at radius 2 is 0.660 bits per heavy atom. The van der Waals surface area contributed by atoms with Gasteiger partial charge in [-0.3, -0.25) is 0 Å². The van der Waals surface area contributed by atoms with E-state index in [1.54, 1.807) is 54.6 Å². The van der Waals surface area contributed by atoms with Crippen molar-refractivity contribution in [3.8, 4) is 34.5 Å². The van der Waals surface area contributed by atoms with Crippen molar-refractivity contribution in [2.45, 2.75) is 12.3 Å². The van der Waals surface area contributed by atoms with Crippen molar-refractivity contribution in [3.05, 3.63) is 162 Å². The monoisotopic (exact) mass is 633 g/mol. The van der Waals surface area contributed by atoms with Gasteiger partial charge in [0.2, 0.25) is 0 Å². The largest absolute Gasteiger partial charge is 0.454 e. The number of anilines is 3. The first-order valence-electron chi connectivity index (χ1n) is 14.6. The Labute approximate surface area is 269 Å². The van der Waals surface area contributed by atoms with Gasteiger partial charge in [-0.1, -0.05) is 36.4 Å². The van der Waals surface area contributed by atoms with E-state index in [1.807, 2.05) is 43.3 Å². The Bertz CT molecular complexity index is 1800. The second kappa shape index (κ2) is 12.7. The number of rotatable bonds is 9. The lowest BCUT2D eigenvalue weighted by Gasteiger charge is -2.32. The highest BCUT2D eigenvalue weighted by atomic mass is 19.1. The minimum atomic E-state index is -0.735. The highest BCUT2D eigenvalue weighted by Crippen LogP contribution is 2.42. The van der Waals surface area contributed by atoms with Crippen LogP contribution in [0.5, 0.6) is 34.5 Å². The van der Waals surface area contributed by atoms with E-state index in [-0.39, 0.29) is 17.2 Å². The first kappa shape index (κ1) is 30.9. The van der Waals surface area contributed by atoms with E-state index in [2.05, 4.69) is 0 Å². The highest BCUT2D eigenvalue weighted by molar-refractivity contribution is 5.54. The normalized spacial score (nSPS) is 11.2. The minimum absolute atomic E-state index is 0.0518. The fourth-order valence-electron chi connectivity index (χ4n) is 5.25. The summed E-state index contributed by atoms with van der Waals surface area (Å²) in [4.78, 5) is 0. The average molecular weight is 634 g/mol. The van der Waals surface area contributed by atoms with Gasteiger partial charge in [-0.15, -0.1) is 0 Å². The van der Waals surface area contributed by atoms with E-state index in [1.165, 1.54) is 36.4 Å². The lowest BCUT2D eigenvalue weighted by atomic mass is 9.71. The van der Waals surface area contributed by atoms with Crippen LogP contribution < -0.4 is 31.4 Å². The molecule has 6 rings (SSSR count). The molecule has 6 aromatic carbocycles. The maximum absolute atomic E-state index is 14.4. The zero-order valence-electron chi connectivity index (χ0n) is 25.2. The summed E-state index contributed by atoms with van der Waals surface area (Å²) in [5, 5.41) is 0. The fraction of sp³-hybridized carbons (Fsp3) is 0.0526. The quantitative estimate of drug-likeness (QED) is 0.108. The molecule has 0 unspecified atom stereocenters. The van der Waals surface area contributed by atoms with Crippen molar-refractivity contribution in [2.24, 2.45) is 0 Å². The summed E-state index contributed by atoms with van der Waals surface area (Å²) < 4.78 is 60.5. The third kappa shape index (κ3) is 6.64. The molecule has 0 heterocycles. The Morgan fingerprint density at radius 1 is 0.404 bits per heavy atom. The van der Waals surface area contributed by atoms with Crippen molar-refractivity contribution in [1.82, 2.24) is 0 Å². The fourth-order valence-corrected chi connectivity index (χ4v) is 5.25. The SMILES string of the molecule is CC(c1ccc(Oc2ccc(N)cc2F)cc1)(c1ccc(Oc2ccc(N)cc2F)cc1)c1ccc(Oc2ccc(N)cc2F)cc1. The van der Waals surface area contributed by atoms with Gasteiger partial charge in [0.1, 0.15) is 17.2 Å². The number of nitrogen functional groups attached to an aromatic ring is 3. The van der Waals surface area contributed by atoms with Gasteiger partial charge in [0, 0.05) is 40.7 Å². The Hall–Kier alpha value is -6.09. The molecule has 0 aromatic heterocycles. The number of halogens is 3. The highest BCUT2D eigenvalue weighted by Gasteiger charge is 2.31. The van der Waals surface area contributed by atoms with E-state index in [9.17, 15) is 13.2 Å². The van der Waals surface area contributed by atoms with Crippen LogP contribution >= 0.6 is 0 Å². The molecular weight excluding hydrogens is 603 g/mol. The predicted octanol–water partition coefficient (Wildman–Crippen LogP) is 9.58. The van der Waals surface area contributed by atoms with Gasteiger partial charge in [-0.05, 0) is 96.4 Å². The van der Waals surface area contributed by atoms with Crippen molar-refractivity contribution >= 4 is 17.1 Å². The smallest absolute Gasteiger partial charge is 0.167 e. The molecule has 0 radical (unpaired) electrons. The van der Waals surface area contributed by atoms with Crippen LogP contribution in [0.4, 0.5) is 30.2 Å². The third-order valence-corrected chi connectivity index (χ3v) is 7.85. The standard InChI is InChI=1S/C38H30F3N3O3/c1-38(23-2-11-29(12-3-23)45-35-17-8-26(42)20-32(35)39,24-4-13-30(14-5-24)46-36-18-9-27(43)21-33(36)40)25-6-15-31(16-7-25)47-37-19-10-28(44)22-34(37)41/h2-22H,42-44H2,1H3. The molecule has 0 aliphatic carbocycles. The minimum Gasteiger partial charge on any atom is -0.454 e. The van der Waals surface area contributed by atoms with Crippen LogP contribution in [0.25, 0.3) is 0 Å². The van der Waals surface area contributed by atoms with E-state index in [4.69, 9.17) is 31.4 Å². The molecule has 0 aliphatic heterocycles. The summed E-state index contributed by atoms with van der Waals surface area (Å²) in [5.74, 6) is -0.249. The van der Waals surface area contributed by atoms with Crippen molar-refractivity contribution in [3.63, 3.8) is 0 Å². The molecule has 0 aliphatic rings. The number of hydrogen-bond donors (Lipinski definition) is 3. The molecule has 47 heavy (non-hydrogen) atoms. The van der Waals surface area contributed by atoms with E-state index < -0.39 is 22.9 Å². The molecule has 0 fully saturated rings. The maximum Gasteiger partial charge on any atom is 0.167 e. The van der Waals surface area contributed by atoms with E-state index in [0.717, 1.165) is 16.7 Å². The number of benzene rings is 6. The molecule has 6 nitrogen and oxygen atoms in total. The van der Waals surface area contributed by atoms with Crippen LogP contribution in [0.2, 0.25) is 0 Å². The van der Waals surface area contributed by atoms with E-state index >= 15 is 0 Å². The van der Waals surface area contributed by atoms with Gasteiger partial charge in [0.05, 0.1) is 0 Å².